The SMILES string of the molecule is CC1CN(C)C(C)CC1NCC1(C)CCC1. The quantitative estimate of drug-likeness (QED) is 0.792. The van der Waals surface area contributed by atoms with Gasteiger partial charge >= 0.3 is 0 Å². The van der Waals surface area contributed by atoms with Gasteiger partial charge in [-0.1, -0.05) is 20.3 Å². The zero-order chi connectivity index (χ0) is 11.8. The third-order valence-corrected chi connectivity index (χ3v) is 4.96. The van der Waals surface area contributed by atoms with E-state index in [-0.39, 0.29) is 0 Å². The molecule has 1 aliphatic carbocycles. The zero-order valence-electron chi connectivity index (χ0n) is 11.4. The van der Waals surface area contributed by atoms with Crippen LogP contribution in [0.4, 0.5) is 0 Å². The molecule has 3 unspecified atom stereocenters. The van der Waals surface area contributed by atoms with Crippen LogP contribution in [0.5, 0.6) is 0 Å². The lowest BCUT2D eigenvalue weighted by atomic mass is 9.70. The van der Waals surface area contributed by atoms with Crippen LogP contribution in [0.1, 0.15) is 46.5 Å². The average Bonchev–Trinajstić information content (AvgIpc) is 2.19. The Labute approximate surface area is 101 Å². The minimum atomic E-state index is 0.617. The Balaban J connectivity index is 1.80. The first-order chi connectivity index (χ1) is 7.50. The van der Waals surface area contributed by atoms with Crippen molar-refractivity contribution < 1.29 is 0 Å². The molecule has 16 heavy (non-hydrogen) atoms. The van der Waals surface area contributed by atoms with Crippen molar-refractivity contribution in [2.24, 2.45) is 11.3 Å². The summed E-state index contributed by atoms with van der Waals surface area (Å²) in [5.74, 6) is 0.796. The molecule has 2 heteroatoms. The second-order valence-corrected chi connectivity index (χ2v) is 6.65. The normalized spacial score (nSPS) is 39.4. The van der Waals surface area contributed by atoms with Crippen LogP contribution in [0.2, 0.25) is 0 Å². The molecule has 3 atom stereocenters. The Hall–Kier alpha value is -0.0800. The van der Waals surface area contributed by atoms with Crippen molar-refractivity contribution in [3.63, 3.8) is 0 Å². The highest BCUT2D eigenvalue weighted by atomic mass is 15.2. The molecule has 1 saturated heterocycles. The molecule has 0 amide bonds. The molecule has 2 aliphatic rings. The first kappa shape index (κ1) is 12.4. The maximum atomic E-state index is 3.84. The Bertz CT molecular complexity index is 235. The van der Waals surface area contributed by atoms with Gasteiger partial charge < -0.3 is 10.2 Å². The topological polar surface area (TPSA) is 15.3 Å². The highest BCUT2D eigenvalue weighted by molar-refractivity contribution is 4.90. The van der Waals surface area contributed by atoms with Crippen LogP contribution in [-0.2, 0) is 0 Å². The van der Waals surface area contributed by atoms with Gasteiger partial charge in [-0.25, -0.2) is 0 Å². The van der Waals surface area contributed by atoms with Gasteiger partial charge in [0.2, 0.25) is 0 Å². The molecule has 0 bridgehead atoms. The van der Waals surface area contributed by atoms with E-state index in [9.17, 15) is 0 Å². The summed E-state index contributed by atoms with van der Waals surface area (Å²) in [6.45, 7) is 9.66. The number of nitrogens with zero attached hydrogens (tertiary/aromatic N) is 1. The highest BCUT2D eigenvalue weighted by Gasteiger charge is 2.34. The Kier molecular flexibility index (Phi) is 3.60. The number of likely N-dealkylation sites (tertiary alicyclic amines) is 1. The summed E-state index contributed by atoms with van der Waals surface area (Å²) in [5, 5.41) is 3.84. The van der Waals surface area contributed by atoms with Gasteiger partial charge in [0.15, 0.2) is 0 Å². The lowest BCUT2D eigenvalue weighted by Crippen LogP contribution is -2.53. The van der Waals surface area contributed by atoms with Gasteiger partial charge in [-0.05, 0) is 44.6 Å². The number of rotatable bonds is 3. The molecule has 2 fully saturated rings. The second kappa shape index (κ2) is 4.66. The fourth-order valence-electron chi connectivity index (χ4n) is 3.16. The van der Waals surface area contributed by atoms with Crippen molar-refractivity contribution in [3.05, 3.63) is 0 Å². The van der Waals surface area contributed by atoms with E-state index in [1.165, 1.54) is 38.8 Å². The van der Waals surface area contributed by atoms with Crippen molar-refractivity contribution in [2.45, 2.75) is 58.5 Å². The number of nitrogens with one attached hydrogen (secondary N) is 1. The van der Waals surface area contributed by atoms with E-state index in [1.807, 2.05) is 0 Å². The van der Waals surface area contributed by atoms with Gasteiger partial charge in [-0.2, -0.15) is 0 Å². The monoisotopic (exact) mass is 224 g/mol. The maximum absolute atomic E-state index is 3.84. The summed E-state index contributed by atoms with van der Waals surface area (Å²) >= 11 is 0. The van der Waals surface area contributed by atoms with Gasteiger partial charge in [0.05, 0.1) is 0 Å². The van der Waals surface area contributed by atoms with E-state index in [0.29, 0.717) is 5.41 Å². The highest BCUT2D eigenvalue weighted by Crippen LogP contribution is 2.39. The molecule has 0 aromatic carbocycles. The predicted molar refractivity (Wildman–Crippen MR) is 69.6 cm³/mol. The number of hydrogen-bond acceptors (Lipinski definition) is 2. The van der Waals surface area contributed by atoms with Crippen LogP contribution in [-0.4, -0.2) is 37.1 Å². The Morgan fingerprint density at radius 2 is 2.00 bits per heavy atom. The molecule has 0 aromatic heterocycles. The summed E-state index contributed by atoms with van der Waals surface area (Å²) in [7, 11) is 2.25. The largest absolute Gasteiger partial charge is 0.313 e. The van der Waals surface area contributed by atoms with Crippen molar-refractivity contribution in [1.82, 2.24) is 10.2 Å². The van der Waals surface area contributed by atoms with Crippen LogP contribution < -0.4 is 5.32 Å². The standard InChI is InChI=1S/C14H28N2/c1-11-9-16(4)12(2)8-13(11)15-10-14(3)6-5-7-14/h11-13,15H,5-10H2,1-4H3. The van der Waals surface area contributed by atoms with E-state index in [4.69, 9.17) is 0 Å². The molecule has 0 aromatic rings. The smallest absolute Gasteiger partial charge is 0.0120 e. The Morgan fingerprint density at radius 3 is 2.56 bits per heavy atom. The molecule has 1 heterocycles. The third-order valence-electron chi connectivity index (χ3n) is 4.96. The second-order valence-electron chi connectivity index (χ2n) is 6.65. The van der Waals surface area contributed by atoms with Crippen molar-refractivity contribution >= 4 is 0 Å². The molecular formula is C14H28N2. The average molecular weight is 224 g/mol. The van der Waals surface area contributed by atoms with Gasteiger partial charge in [0, 0.05) is 25.2 Å². The summed E-state index contributed by atoms with van der Waals surface area (Å²) in [6.07, 6.45) is 5.61. The predicted octanol–water partition coefficient (Wildman–Crippen LogP) is 2.49. The zero-order valence-corrected chi connectivity index (χ0v) is 11.4. The lowest BCUT2D eigenvalue weighted by molar-refractivity contribution is 0.0958. The van der Waals surface area contributed by atoms with Crippen molar-refractivity contribution in [1.29, 1.82) is 0 Å². The third kappa shape index (κ3) is 2.60. The van der Waals surface area contributed by atoms with Gasteiger partial charge in [0.25, 0.3) is 0 Å². The summed E-state index contributed by atoms with van der Waals surface area (Å²) in [4.78, 5) is 2.49. The van der Waals surface area contributed by atoms with E-state index >= 15 is 0 Å². The molecule has 0 spiro atoms. The summed E-state index contributed by atoms with van der Waals surface area (Å²) in [5.41, 5.74) is 0.617. The van der Waals surface area contributed by atoms with Crippen LogP contribution >= 0.6 is 0 Å². The van der Waals surface area contributed by atoms with Crippen molar-refractivity contribution in [2.75, 3.05) is 20.1 Å². The van der Waals surface area contributed by atoms with E-state index in [1.54, 1.807) is 0 Å². The maximum Gasteiger partial charge on any atom is 0.0120 e. The fraction of sp³-hybridized carbons (Fsp3) is 1.00. The fourth-order valence-corrected chi connectivity index (χ4v) is 3.16. The van der Waals surface area contributed by atoms with Gasteiger partial charge in [-0.3, -0.25) is 0 Å². The molecule has 0 radical (unpaired) electrons. The summed E-state index contributed by atoms with van der Waals surface area (Å²) < 4.78 is 0. The van der Waals surface area contributed by atoms with Crippen molar-refractivity contribution in [3.8, 4) is 0 Å². The molecule has 1 aliphatic heterocycles. The molecule has 1 N–H and O–H groups in total. The van der Waals surface area contributed by atoms with Crippen LogP contribution in [0.25, 0.3) is 0 Å². The molecule has 94 valence electrons. The van der Waals surface area contributed by atoms with Crippen LogP contribution in [0, 0.1) is 11.3 Å². The van der Waals surface area contributed by atoms with E-state index in [0.717, 1.165) is 18.0 Å². The number of piperidine rings is 1. The molecule has 2 rings (SSSR count). The lowest BCUT2D eigenvalue weighted by Gasteiger charge is -2.44. The van der Waals surface area contributed by atoms with E-state index < -0.39 is 0 Å². The Morgan fingerprint density at radius 1 is 1.31 bits per heavy atom. The minimum absolute atomic E-state index is 0.617. The molecular weight excluding hydrogens is 196 g/mol. The summed E-state index contributed by atoms with van der Waals surface area (Å²) in [6, 6.07) is 1.48. The first-order valence-corrected chi connectivity index (χ1v) is 6.94. The minimum Gasteiger partial charge on any atom is -0.313 e. The number of hydrogen-bond donors (Lipinski definition) is 1. The first-order valence-electron chi connectivity index (χ1n) is 6.94. The molecule has 1 saturated carbocycles. The van der Waals surface area contributed by atoms with Crippen LogP contribution in [0.3, 0.4) is 0 Å². The van der Waals surface area contributed by atoms with Crippen LogP contribution in [0.15, 0.2) is 0 Å². The van der Waals surface area contributed by atoms with E-state index in [2.05, 4.69) is 38.0 Å². The van der Waals surface area contributed by atoms with Gasteiger partial charge in [-0.15, -0.1) is 0 Å². The van der Waals surface area contributed by atoms with Gasteiger partial charge in [0.1, 0.15) is 0 Å². The molecule has 2 nitrogen and oxygen atoms in total.